The van der Waals surface area contributed by atoms with Crippen LogP contribution in [0.2, 0.25) is 0 Å². The fourth-order valence-electron chi connectivity index (χ4n) is 1.76. The zero-order valence-electron chi connectivity index (χ0n) is 11.2. The molecular formula is C14H20N2S2. The molecule has 0 aliphatic rings. The van der Waals surface area contributed by atoms with Gasteiger partial charge in [-0.1, -0.05) is 19.9 Å². The fourth-order valence-corrected chi connectivity index (χ4v) is 3.63. The number of aryl methyl sites for hydroxylation is 1. The molecule has 18 heavy (non-hydrogen) atoms. The van der Waals surface area contributed by atoms with Crippen LogP contribution in [0.1, 0.15) is 34.3 Å². The van der Waals surface area contributed by atoms with Crippen molar-refractivity contribution >= 4 is 22.7 Å². The van der Waals surface area contributed by atoms with Gasteiger partial charge in [0.2, 0.25) is 0 Å². The number of thiazole rings is 1. The Hall–Kier alpha value is -0.710. The van der Waals surface area contributed by atoms with Gasteiger partial charge in [-0.25, -0.2) is 4.98 Å². The van der Waals surface area contributed by atoms with Crippen molar-refractivity contribution in [1.29, 1.82) is 0 Å². The molecule has 2 heterocycles. The third-order valence-corrected chi connectivity index (χ3v) is 4.71. The van der Waals surface area contributed by atoms with Gasteiger partial charge in [-0.05, 0) is 30.8 Å². The Labute approximate surface area is 117 Å². The van der Waals surface area contributed by atoms with Crippen molar-refractivity contribution in [2.45, 2.75) is 33.7 Å². The molecule has 2 aromatic rings. The molecule has 0 fully saturated rings. The first-order valence-electron chi connectivity index (χ1n) is 6.33. The fraction of sp³-hybridized carbons (Fsp3) is 0.500. The van der Waals surface area contributed by atoms with Gasteiger partial charge in [0.05, 0.1) is 10.7 Å². The van der Waals surface area contributed by atoms with Crippen molar-refractivity contribution < 1.29 is 0 Å². The summed E-state index contributed by atoms with van der Waals surface area (Å²) < 4.78 is 0. The first-order valence-corrected chi connectivity index (χ1v) is 8.03. The van der Waals surface area contributed by atoms with Gasteiger partial charge in [-0.2, -0.15) is 0 Å². The molecule has 2 rings (SSSR count). The highest BCUT2D eigenvalue weighted by molar-refractivity contribution is 7.12. The number of nitrogens with one attached hydrogen (secondary N) is 1. The van der Waals surface area contributed by atoms with Gasteiger partial charge >= 0.3 is 0 Å². The van der Waals surface area contributed by atoms with Gasteiger partial charge in [0.15, 0.2) is 0 Å². The van der Waals surface area contributed by atoms with Crippen molar-refractivity contribution in [3.8, 4) is 0 Å². The van der Waals surface area contributed by atoms with E-state index in [1.165, 1.54) is 20.5 Å². The molecule has 0 atom stereocenters. The minimum absolute atomic E-state index is 0.698. The summed E-state index contributed by atoms with van der Waals surface area (Å²) in [4.78, 5) is 7.44. The second-order valence-corrected chi connectivity index (χ2v) is 7.10. The lowest BCUT2D eigenvalue weighted by Gasteiger charge is -2.05. The van der Waals surface area contributed by atoms with E-state index in [1.807, 2.05) is 11.3 Å². The van der Waals surface area contributed by atoms with E-state index in [0.717, 1.165) is 19.5 Å². The molecule has 0 bridgehead atoms. The van der Waals surface area contributed by atoms with Crippen LogP contribution in [-0.2, 0) is 13.0 Å². The molecule has 0 radical (unpaired) electrons. The Morgan fingerprint density at radius 3 is 2.89 bits per heavy atom. The summed E-state index contributed by atoms with van der Waals surface area (Å²) in [6, 6.07) is 4.28. The first kappa shape index (κ1) is 13.7. The molecule has 2 nitrogen and oxygen atoms in total. The molecular weight excluding hydrogens is 260 g/mol. The first-order chi connectivity index (χ1) is 8.65. The third-order valence-electron chi connectivity index (χ3n) is 2.68. The van der Waals surface area contributed by atoms with Crippen LogP contribution >= 0.6 is 22.7 Å². The van der Waals surface area contributed by atoms with Gasteiger partial charge in [0.1, 0.15) is 0 Å². The predicted octanol–water partition coefficient (Wildman–Crippen LogP) is 3.85. The normalized spacial score (nSPS) is 11.3. The van der Waals surface area contributed by atoms with Crippen LogP contribution < -0.4 is 5.32 Å². The van der Waals surface area contributed by atoms with Crippen molar-refractivity contribution in [1.82, 2.24) is 10.3 Å². The standard InChI is InChI=1S/C14H20N2S2/c1-10(2)8-15-9-13-11(3)16-14(18-13)7-12-5-4-6-17-12/h4-6,10,15H,7-9H2,1-3H3. The van der Waals surface area contributed by atoms with Crippen LogP contribution in [-0.4, -0.2) is 11.5 Å². The number of thiophene rings is 1. The number of hydrogen-bond donors (Lipinski definition) is 1. The summed E-state index contributed by atoms with van der Waals surface area (Å²) in [5.74, 6) is 0.698. The summed E-state index contributed by atoms with van der Waals surface area (Å²) >= 11 is 3.65. The molecule has 0 aliphatic carbocycles. The van der Waals surface area contributed by atoms with E-state index in [-0.39, 0.29) is 0 Å². The minimum atomic E-state index is 0.698. The van der Waals surface area contributed by atoms with Crippen LogP contribution in [0.25, 0.3) is 0 Å². The van der Waals surface area contributed by atoms with Crippen molar-refractivity contribution in [2.24, 2.45) is 5.92 Å². The van der Waals surface area contributed by atoms with E-state index in [1.54, 1.807) is 11.3 Å². The zero-order valence-corrected chi connectivity index (χ0v) is 12.8. The number of rotatable bonds is 6. The maximum Gasteiger partial charge on any atom is 0.0983 e. The van der Waals surface area contributed by atoms with E-state index in [9.17, 15) is 0 Å². The molecule has 2 aromatic heterocycles. The van der Waals surface area contributed by atoms with E-state index in [0.29, 0.717) is 5.92 Å². The van der Waals surface area contributed by atoms with Gasteiger partial charge in [-0.15, -0.1) is 22.7 Å². The molecule has 1 N–H and O–H groups in total. The molecule has 0 saturated carbocycles. The maximum absolute atomic E-state index is 4.67. The lowest BCUT2D eigenvalue weighted by molar-refractivity contribution is 0.554. The van der Waals surface area contributed by atoms with Gasteiger partial charge in [0, 0.05) is 22.7 Å². The van der Waals surface area contributed by atoms with Gasteiger partial charge < -0.3 is 5.32 Å². The van der Waals surface area contributed by atoms with E-state index in [4.69, 9.17) is 0 Å². The second kappa shape index (κ2) is 6.45. The molecule has 98 valence electrons. The van der Waals surface area contributed by atoms with E-state index >= 15 is 0 Å². The largest absolute Gasteiger partial charge is 0.312 e. The smallest absolute Gasteiger partial charge is 0.0983 e. The summed E-state index contributed by atoms with van der Waals surface area (Å²) in [6.07, 6.45) is 0.980. The van der Waals surface area contributed by atoms with E-state index < -0.39 is 0 Å². The summed E-state index contributed by atoms with van der Waals surface area (Å²) in [7, 11) is 0. The average molecular weight is 280 g/mol. The number of aromatic nitrogens is 1. The second-order valence-electron chi connectivity index (χ2n) is 4.90. The van der Waals surface area contributed by atoms with E-state index in [2.05, 4.69) is 48.6 Å². The molecule has 0 amide bonds. The van der Waals surface area contributed by atoms with Crippen LogP contribution in [0.15, 0.2) is 17.5 Å². The monoisotopic (exact) mass is 280 g/mol. The van der Waals surface area contributed by atoms with Crippen molar-refractivity contribution in [3.63, 3.8) is 0 Å². The van der Waals surface area contributed by atoms with Crippen LogP contribution in [0.3, 0.4) is 0 Å². The van der Waals surface area contributed by atoms with Gasteiger partial charge in [0.25, 0.3) is 0 Å². The Bertz CT molecular complexity index is 472. The van der Waals surface area contributed by atoms with Crippen LogP contribution in [0, 0.1) is 12.8 Å². The highest BCUT2D eigenvalue weighted by Crippen LogP contribution is 2.22. The lowest BCUT2D eigenvalue weighted by Crippen LogP contribution is -2.18. The summed E-state index contributed by atoms with van der Waals surface area (Å²) in [6.45, 7) is 8.59. The SMILES string of the molecule is Cc1nc(Cc2cccs2)sc1CNCC(C)C. The Morgan fingerprint density at radius 1 is 1.39 bits per heavy atom. The van der Waals surface area contributed by atoms with Crippen molar-refractivity contribution in [3.05, 3.63) is 38.0 Å². The summed E-state index contributed by atoms with van der Waals surface area (Å²) in [5.41, 5.74) is 1.18. The number of nitrogens with zero attached hydrogens (tertiary/aromatic N) is 1. The topological polar surface area (TPSA) is 24.9 Å². The molecule has 4 heteroatoms. The highest BCUT2D eigenvalue weighted by Gasteiger charge is 2.08. The number of hydrogen-bond acceptors (Lipinski definition) is 4. The molecule has 0 aliphatic heterocycles. The Balaban J connectivity index is 1.94. The van der Waals surface area contributed by atoms with Crippen LogP contribution in [0.4, 0.5) is 0 Å². The minimum Gasteiger partial charge on any atom is -0.312 e. The molecule has 0 aromatic carbocycles. The molecule has 0 saturated heterocycles. The van der Waals surface area contributed by atoms with Crippen LogP contribution in [0.5, 0.6) is 0 Å². The third kappa shape index (κ3) is 3.90. The lowest BCUT2D eigenvalue weighted by atomic mass is 10.2. The predicted molar refractivity (Wildman–Crippen MR) is 80.5 cm³/mol. The molecule has 0 unspecified atom stereocenters. The maximum atomic E-state index is 4.67. The summed E-state index contributed by atoms with van der Waals surface area (Å²) in [5, 5.41) is 6.85. The van der Waals surface area contributed by atoms with Crippen molar-refractivity contribution in [2.75, 3.05) is 6.54 Å². The zero-order chi connectivity index (χ0) is 13.0. The van der Waals surface area contributed by atoms with Gasteiger partial charge in [-0.3, -0.25) is 0 Å². The Morgan fingerprint density at radius 2 is 2.22 bits per heavy atom. The highest BCUT2D eigenvalue weighted by atomic mass is 32.1. The molecule has 0 spiro atoms. The quantitative estimate of drug-likeness (QED) is 0.869. The average Bonchev–Trinajstić information content (AvgIpc) is 2.90. The Kier molecular flexibility index (Phi) is 4.92.